The Morgan fingerprint density at radius 2 is 1.64 bits per heavy atom. The van der Waals surface area contributed by atoms with Gasteiger partial charge in [0.25, 0.3) is 5.91 Å². The Labute approximate surface area is 129 Å². The summed E-state index contributed by atoms with van der Waals surface area (Å²) in [6.07, 6.45) is 0. The predicted octanol–water partition coefficient (Wildman–Crippen LogP) is 2.55. The molecule has 0 spiro atoms. The minimum Gasteiger partial charge on any atom is -0.452 e. The number of hydrogen-bond donors (Lipinski definition) is 1. The van der Waals surface area contributed by atoms with E-state index in [-0.39, 0.29) is 12.5 Å². The summed E-state index contributed by atoms with van der Waals surface area (Å²) in [7, 11) is 3.84. The van der Waals surface area contributed by atoms with Gasteiger partial charge < -0.3 is 15.0 Å². The first-order valence-corrected chi connectivity index (χ1v) is 6.85. The third kappa shape index (κ3) is 4.34. The second-order valence-corrected chi connectivity index (χ2v) is 4.93. The normalized spacial score (nSPS) is 9.91. The lowest BCUT2D eigenvalue weighted by Crippen LogP contribution is -2.20. The number of para-hydroxylation sites is 1. The number of anilines is 2. The molecule has 0 aromatic heterocycles. The predicted molar refractivity (Wildman–Crippen MR) is 86.1 cm³/mol. The van der Waals surface area contributed by atoms with E-state index in [1.54, 1.807) is 24.3 Å². The molecule has 0 atom stereocenters. The van der Waals surface area contributed by atoms with Crippen LogP contribution in [0, 0.1) is 0 Å². The Hall–Kier alpha value is -2.82. The van der Waals surface area contributed by atoms with Gasteiger partial charge in [0.15, 0.2) is 6.61 Å². The third-order valence-electron chi connectivity index (χ3n) is 3.01. The van der Waals surface area contributed by atoms with Gasteiger partial charge in [0.2, 0.25) is 0 Å². The monoisotopic (exact) mass is 298 g/mol. The lowest BCUT2D eigenvalue weighted by molar-refractivity contribution is -0.119. The summed E-state index contributed by atoms with van der Waals surface area (Å²) in [4.78, 5) is 25.5. The maximum Gasteiger partial charge on any atom is 0.338 e. The highest BCUT2D eigenvalue weighted by Crippen LogP contribution is 2.13. The van der Waals surface area contributed by atoms with Gasteiger partial charge in [0, 0.05) is 25.5 Å². The number of nitrogens with zero attached hydrogens (tertiary/aromatic N) is 1. The molecule has 0 fully saturated rings. The van der Waals surface area contributed by atoms with Crippen LogP contribution < -0.4 is 10.2 Å². The van der Waals surface area contributed by atoms with E-state index in [1.807, 2.05) is 49.3 Å². The second kappa shape index (κ2) is 7.26. The zero-order valence-corrected chi connectivity index (χ0v) is 12.6. The molecule has 0 aliphatic carbocycles. The van der Waals surface area contributed by atoms with E-state index in [9.17, 15) is 9.59 Å². The van der Waals surface area contributed by atoms with Crippen molar-refractivity contribution in [2.75, 3.05) is 30.9 Å². The Kier molecular flexibility index (Phi) is 5.14. The summed E-state index contributed by atoms with van der Waals surface area (Å²) >= 11 is 0. The van der Waals surface area contributed by atoms with Crippen LogP contribution in [0.1, 0.15) is 10.4 Å². The lowest BCUT2D eigenvalue weighted by Gasteiger charge is -2.12. The van der Waals surface area contributed by atoms with Crippen molar-refractivity contribution in [3.63, 3.8) is 0 Å². The van der Waals surface area contributed by atoms with Gasteiger partial charge in [-0.3, -0.25) is 4.79 Å². The number of amides is 1. The largest absolute Gasteiger partial charge is 0.452 e. The van der Waals surface area contributed by atoms with Gasteiger partial charge in [-0.2, -0.15) is 0 Å². The molecular formula is C17H18N2O3. The van der Waals surface area contributed by atoms with Crippen LogP contribution in [-0.2, 0) is 9.53 Å². The topological polar surface area (TPSA) is 58.6 Å². The maximum absolute atomic E-state index is 11.9. The number of rotatable bonds is 5. The summed E-state index contributed by atoms with van der Waals surface area (Å²) < 4.78 is 5.00. The fourth-order valence-corrected chi connectivity index (χ4v) is 1.83. The molecule has 22 heavy (non-hydrogen) atoms. The molecule has 114 valence electrons. The number of carbonyl (C=O) groups is 2. The minimum atomic E-state index is -0.520. The van der Waals surface area contributed by atoms with E-state index in [0.717, 1.165) is 5.69 Å². The Balaban J connectivity index is 1.85. The van der Waals surface area contributed by atoms with Gasteiger partial charge in [0.1, 0.15) is 0 Å². The smallest absolute Gasteiger partial charge is 0.338 e. The lowest BCUT2D eigenvalue weighted by atomic mass is 10.2. The van der Waals surface area contributed by atoms with Crippen molar-refractivity contribution in [2.24, 2.45) is 0 Å². The summed E-state index contributed by atoms with van der Waals surface area (Å²) in [5, 5.41) is 2.65. The number of esters is 1. The summed E-state index contributed by atoms with van der Waals surface area (Å²) in [5.41, 5.74) is 2.07. The van der Waals surface area contributed by atoms with Crippen molar-refractivity contribution < 1.29 is 14.3 Å². The van der Waals surface area contributed by atoms with Gasteiger partial charge in [0.05, 0.1) is 5.56 Å². The summed E-state index contributed by atoms with van der Waals surface area (Å²) in [6.45, 7) is -0.316. The second-order valence-electron chi connectivity index (χ2n) is 4.93. The van der Waals surface area contributed by atoms with Crippen LogP contribution in [0.25, 0.3) is 0 Å². The number of benzene rings is 2. The molecule has 0 radical (unpaired) electrons. The number of hydrogen-bond acceptors (Lipinski definition) is 4. The molecule has 0 unspecified atom stereocenters. The maximum atomic E-state index is 11.9. The molecule has 5 heteroatoms. The van der Waals surface area contributed by atoms with Crippen molar-refractivity contribution in [3.8, 4) is 0 Å². The molecule has 0 aliphatic rings. The van der Waals surface area contributed by atoms with E-state index in [4.69, 9.17) is 4.74 Å². The van der Waals surface area contributed by atoms with Crippen molar-refractivity contribution in [1.29, 1.82) is 0 Å². The molecule has 0 bridgehead atoms. The average molecular weight is 298 g/mol. The molecular weight excluding hydrogens is 280 g/mol. The highest BCUT2D eigenvalue weighted by Gasteiger charge is 2.10. The van der Waals surface area contributed by atoms with Crippen molar-refractivity contribution in [2.45, 2.75) is 0 Å². The standard InChI is InChI=1S/C17H18N2O3/c1-19(2)15-10-8-13(9-11-15)17(21)22-12-16(20)18-14-6-4-3-5-7-14/h3-11H,12H2,1-2H3,(H,18,20). The highest BCUT2D eigenvalue weighted by atomic mass is 16.5. The third-order valence-corrected chi connectivity index (χ3v) is 3.01. The number of ether oxygens (including phenoxy) is 1. The fourth-order valence-electron chi connectivity index (χ4n) is 1.83. The van der Waals surface area contributed by atoms with E-state index < -0.39 is 5.97 Å². The Morgan fingerprint density at radius 1 is 1.00 bits per heavy atom. The molecule has 1 amide bonds. The van der Waals surface area contributed by atoms with E-state index in [2.05, 4.69) is 5.32 Å². The molecule has 0 aliphatic heterocycles. The minimum absolute atomic E-state index is 0.316. The van der Waals surface area contributed by atoms with Crippen LogP contribution in [0.3, 0.4) is 0 Å². The molecule has 2 rings (SSSR count). The Bertz CT molecular complexity index is 637. The fraction of sp³-hybridized carbons (Fsp3) is 0.176. The quantitative estimate of drug-likeness (QED) is 0.862. The van der Waals surface area contributed by atoms with Crippen LogP contribution in [0.5, 0.6) is 0 Å². The highest BCUT2D eigenvalue weighted by molar-refractivity contribution is 5.95. The first kappa shape index (κ1) is 15.6. The van der Waals surface area contributed by atoms with Crippen molar-refractivity contribution in [3.05, 3.63) is 60.2 Å². The molecule has 0 heterocycles. The first-order chi connectivity index (χ1) is 10.6. The summed E-state index contributed by atoms with van der Waals surface area (Å²) in [5.74, 6) is -0.891. The van der Waals surface area contributed by atoms with Crippen molar-refractivity contribution in [1.82, 2.24) is 0 Å². The van der Waals surface area contributed by atoms with Gasteiger partial charge >= 0.3 is 5.97 Å². The van der Waals surface area contributed by atoms with E-state index in [0.29, 0.717) is 11.3 Å². The first-order valence-electron chi connectivity index (χ1n) is 6.85. The van der Waals surface area contributed by atoms with Crippen LogP contribution in [0.15, 0.2) is 54.6 Å². The van der Waals surface area contributed by atoms with Gasteiger partial charge in [-0.15, -0.1) is 0 Å². The van der Waals surface area contributed by atoms with E-state index in [1.165, 1.54) is 0 Å². The van der Waals surface area contributed by atoms with Crippen LogP contribution in [0.2, 0.25) is 0 Å². The van der Waals surface area contributed by atoms with Gasteiger partial charge in [-0.25, -0.2) is 4.79 Å². The molecule has 0 saturated carbocycles. The molecule has 1 N–H and O–H groups in total. The van der Waals surface area contributed by atoms with E-state index >= 15 is 0 Å². The zero-order valence-electron chi connectivity index (χ0n) is 12.6. The molecule has 0 saturated heterocycles. The van der Waals surface area contributed by atoms with Crippen molar-refractivity contribution >= 4 is 23.3 Å². The molecule has 5 nitrogen and oxygen atoms in total. The molecule has 2 aromatic carbocycles. The number of nitrogens with one attached hydrogen (secondary N) is 1. The average Bonchev–Trinajstić information content (AvgIpc) is 2.53. The van der Waals surface area contributed by atoms with Gasteiger partial charge in [-0.1, -0.05) is 18.2 Å². The number of carbonyl (C=O) groups excluding carboxylic acids is 2. The van der Waals surface area contributed by atoms with Crippen LogP contribution in [0.4, 0.5) is 11.4 Å². The Morgan fingerprint density at radius 3 is 2.23 bits per heavy atom. The SMILES string of the molecule is CN(C)c1ccc(C(=O)OCC(=O)Nc2ccccc2)cc1. The summed E-state index contributed by atoms with van der Waals surface area (Å²) in [6, 6.07) is 16.0. The molecule has 2 aromatic rings. The van der Waals surface area contributed by atoms with Crippen LogP contribution in [-0.4, -0.2) is 32.6 Å². The zero-order chi connectivity index (χ0) is 15.9. The van der Waals surface area contributed by atoms with Gasteiger partial charge in [-0.05, 0) is 36.4 Å². The van der Waals surface area contributed by atoms with Crippen LogP contribution >= 0.6 is 0 Å².